The Morgan fingerprint density at radius 2 is 0.643 bits per heavy atom. The average molecular weight is 718 g/mol. The summed E-state index contributed by atoms with van der Waals surface area (Å²) in [6, 6.07) is 64.2. The van der Waals surface area contributed by atoms with Gasteiger partial charge in [0.25, 0.3) is 0 Å². The molecule has 0 saturated heterocycles. The largest absolute Gasteiger partial charge is 0.278 e. The van der Waals surface area contributed by atoms with Crippen LogP contribution in [0.25, 0.3) is 101 Å². The van der Waals surface area contributed by atoms with Gasteiger partial charge in [-0.1, -0.05) is 158 Å². The second kappa shape index (κ2) is 13.0. The van der Waals surface area contributed by atoms with Gasteiger partial charge in [0.15, 0.2) is 11.6 Å². The fraction of sp³-hybridized carbons (Fsp3) is 0. The number of hydrogen-bond acceptors (Lipinski definition) is 5. The monoisotopic (exact) mass is 717 g/mol. The van der Waals surface area contributed by atoms with Gasteiger partial charge in [-0.3, -0.25) is 9.13 Å². The third-order valence-corrected chi connectivity index (χ3v) is 10.4. The Bertz CT molecular complexity index is 2900. The summed E-state index contributed by atoms with van der Waals surface area (Å²) < 4.78 is 4.36. The van der Waals surface area contributed by atoms with Gasteiger partial charge in [0.1, 0.15) is 22.9 Å². The highest BCUT2D eigenvalue weighted by Gasteiger charge is 2.22. The summed E-state index contributed by atoms with van der Waals surface area (Å²) in [6.45, 7) is 0. The van der Waals surface area contributed by atoms with E-state index >= 15 is 0 Å². The molecule has 0 atom stereocenters. The molecule has 11 aromatic rings. The number of hydrogen-bond donors (Lipinski definition) is 0. The molecule has 6 aromatic carbocycles. The van der Waals surface area contributed by atoms with E-state index in [0.717, 1.165) is 89.2 Å². The Balaban J connectivity index is 1.23. The summed E-state index contributed by atoms with van der Waals surface area (Å²) in [5.41, 5.74) is 9.17. The lowest BCUT2D eigenvalue weighted by molar-refractivity contribution is 1.01. The van der Waals surface area contributed by atoms with E-state index < -0.39 is 0 Å². The van der Waals surface area contributed by atoms with Crippen molar-refractivity contribution in [1.82, 2.24) is 34.1 Å². The van der Waals surface area contributed by atoms with Gasteiger partial charge in [0, 0.05) is 55.9 Å². The first-order chi connectivity index (χ1) is 27.8. The van der Waals surface area contributed by atoms with E-state index in [9.17, 15) is 0 Å². The maximum Gasteiger partial charge on any atom is 0.162 e. The molecule has 7 heteroatoms. The zero-order valence-electron chi connectivity index (χ0n) is 30.0. The molecule has 0 aliphatic heterocycles. The van der Waals surface area contributed by atoms with Crippen LogP contribution in [0.2, 0.25) is 0 Å². The van der Waals surface area contributed by atoms with Crippen LogP contribution in [0.3, 0.4) is 0 Å². The van der Waals surface area contributed by atoms with Crippen molar-refractivity contribution in [2.45, 2.75) is 0 Å². The number of nitrogens with zero attached hydrogens (tertiary/aromatic N) is 7. The Labute approximate surface area is 321 Å². The van der Waals surface area contributed by atoms with E-state index in [-0.39, 0.29) is 0 Å². The van der Waals surface area contributed by atoms with Crippen molar-refractivity contribution in [3.8, 4) is 56.9 Å². The number of fused-ring (bicyclic) bond motifs is 6. The van der Waals surface area contributed by atoms with Crippen LogP contribution >= 0.6 is 0 Å². The van der Waals surface area contributed by atoms with Crippen molar-refractivity contribution in [2.75, 3.05) is 0 Å². The summed E-state index contributed by atoms with van der Waals surface area (Å²) in [5.74, 6) is 2.76. The van der Waals surface area contributed by atoms with Gasteiger partial charge < -0.3 is 0 Å². The van der Waals surface area contributed by atoms with E-state index in [4.69, 9.17) is 24.9 Å². The lowest BCUT2D eigenvalue weighted by Gasteiger charge is -2.13. The fourth-order valence-electron chi connectivity index (χ4n) is 7.76. The van der Waals surface area contributed by atoms with Crippen LogP contribution in [-0.4, -0.2) is 34.1 Å². The molecule has 0 saturated carbocycles. The molecule has 5 aromatic heterocycles. The highest BCUT2D eigenvalue weighted by atomic mass is 15.2. The number of rotatable bonds is 6. The molecule has 7 nitrogen and oxygen atoms in total. The normalized spacial score (nSPS) is 11.6. The molecule has 0 bridgehead atoms. The van der Waals surface area contributed by atoms with Gasteiger partial charge >= 0.3 is 0 Å². The number of aromatic nitrogens is 7. The summed E-state index contributed by atoms with van der Waals surface area (Å²) in [6.07, 6.45) is 0. The predicted molar refractivity (Wildman–Crippen MR) is 226 cm³/mol. The maximum atomic E-state index is 5.62. The maximum absolute atomic E-state index is 5.62. The minimum atomic E-state index is 0.644. The van der Waals surface area contributed by atoms with Crippen LogP contribution in [0.15, 0.2) is 188 Å². The molecule has 0 N–H and O–H groups in total. The predicted octanol–water partition coefficient (Wildman–Crippen LogP) is 11.5. The fourth-order valence-corrected chi connectivity index (χ4v) is 7.76. The number of pyridine rings is 1. The van der Waals surface area contributed by atoms with Gasteiger partial charge in [-0.25, -0.2) is 24.9 Å². The molecular weight excluding hydrogens is 687 g/mol. The van der Waals surface area contributed by atoms with Crippen LogP contribution in [-0.2, 0) is 0 Å². The first kappa shape index (κ1) is 31.7. The molecule has 0 spiro atoms. The average Bonchev–Trinajstić information content (AvgIpc) is 3.78. The molecule has 5 heterocycles. The van der Waals surface area contributed by atoms with Crippen molar-refractivity contribution < 1.29 is 0 Å². The van der Waals surface area contributed by atoms with E-state index in [0.29, 0.717) is 11.6 Å². The molecule has 11 rings (SSSR count). The van der Waals surface area contributed by atoms with E-state index in [1.807, 2.05) is 72.8 Å². The van der Waals surface area contributed by atoms with Crippen LogP contribution in [0.5, 0.6) is 0 Å². The second-order valence-electron chi connectivity index (χ2n) is 13.8. The lowest BCUT2D eigenvalue weighted by Crippen LogP contribution is -2.05. The van der Waals surface area contributed by atoms with E-state index in [2.05, 4.69) is 124 Å². The van der Waals surface area contributed by atoms with Gasteiger partial charge in [0.05, 0.1) is 22.4 Å². The first-order valence-electron chi connectivity index (χ1n) is 18.6. The Hall–Kier alpha value is -7.77. The minimum Gasteiger partial charge on any atom is -0.278 e. The van der Waals surface area contributed by atoms with Crippen molar-refractivity contribution in [1.29, 1.82) is 0 Å². The SMILES string of the molecule is c1ccc(-c2cc(-n3c4ccccc4c4cc5c6ccccc6n(-c6cc(-c7ccccc7)nc(-c7ccccc7)n6)c5nc43)nc(-c3ccccc3)n2)cc1. The van der Waals surface area contributed by atoms with E-state index in [1.54, 1.807) is 0 Å². The van der Waals surface area contributed by atoms with Gasteiger partial charge in [0.2, 0.25) is 0 Å². The molecule has 0 aliphatic carbocycles. The van der Waals surface area contributed by atoms with Crippen LogP contribution in [0.4, 0.5) is 0 Å². The van der Waals surface area contributed by atoms with Crippen molar-refractivity contribution in [2.24, 2.45) is 0 Å². The van der Waals surface area contributed by atoms with E-state index in [1.165, 1.54) is 0 Å². The van der Waals surface area contributed by atoms with Crippen molar-refractivity contribution >= 4 is 43.9 Å². The van der Waals surface area contributed by atoms with Crippen LogP contribution in [0, 0.1) is 0 Å². The van der Waals surface area contributed by atoms with Crippen molar-refractivity contribution in [3.05, 3.63) is 188 Å². The zero-order chi connectivity index (χ0) is 37.0. The molecule has 56 heavy (non-hydrogen) atoms. The summed E-state index contributed by atoms with van der Waals surface area (Å²) >= 11 is 0. The molecule has 0 radical (unpaired) electrons. The molecule has 0 fully saturated rings. The summed E-state index contributed by atoms with van der Waals surface area (Å²) in [5, 5.41) is 4.26. The Kier molecular flexibility index (Phi) is 7.35. The highest BCUT2D eigenvalue weighted by Crippen LogP contribution is 2.39. The van der Waals surface area contributed by atoms with Crippen molar-refractivity contribution in [3.63, 3.8) is 0 Å². The number of benzene rings is 6. The molecule has 0 amide bonds. The Morgan fingerprint density at radius 1 is 0.286 bits per heavy atom. The third-order valence-electron chi connectivity index (χ3n) is 10.4. The molecular formula is C49H31N7. The van der Waals surface area contributed by atoms with Gasteiger partial charge in [-0.15, -0.1) is 0 Å². The van der Waals surface area contributed by atoms with Crippen LogP contribution in [0.1, 0.15) is 0 Å². The third kappa shape index (κ3) is 5.25. The lowest BCUT2D eigenvalue weighted by atomic mass is 10.1. The highest BCUT2D eigenvalue weighted by molar-refractivity contribution is 6.16. The van der Waals surface area contributed by atoms with Gasteiger partial charge in [-0.2, -0.15) is 0 Å². The quantitative estimate of drug-likeness (QED) is 0.171. The second-order valence-corrected chi connectivity index (χ2v) is 13.8. The standard InChI is InChI=1S/C49H31N7/c1-5-17-32(18-6-1)40-30-44(52-46(50-40)34-21-9-3-10-22-34)55-42-27-15-13-25-36(42)38-29-39-37-26-14-16-28-43(37)56(49(39)54-48(38)55)45-31-41(33-19-7-2-8-20-33)51-47(53-45)35-23-11-4-12-24-35/h1-31H. The Morgan fingerprint density at radius 3 is 1.05 bits per heavy atom. The zero-order valence-corrected chi connectivity index (χ0v) is 30.0. The molecule has 262 valence electrons. The topological polar surface area (TPSA) is 74.3 Å². The molecule has 0 unspecified atom stereocenters. The number of para-hydroxylation sites is 2. The first-order valence-corrected chi connectivity index (χ1v) is 18.6. The minimum absolute atomic E-state index is 0.644. The summed E-state index contributed by atoms with van der Waals surface area (Å²) in [4.78, 5) is 26.3. The smallest absolute Gasteiger partial charge is 0.162 e. The molecule has 0 aliphatic rings. The van der Waals surface area contributed by atoms with Crippen LogP contribution < -0.4 is 0 Å². The van der Waals surface area contributed by atoms with Gasteiger partial charge in [-0.05, 0) is 18.2 Å². The summed E-state index contributed by atoms with van der Waals surface area (Å²) in [7, 11) is 0.